The fourth-order valence-corrected chi connectivity index (χ4v) is 0.451. The molecule has 0 saturated heterocycles. The lowest BCUT2D eigenvalue weighted by Crippen LogP contribution is -1.62. The van der Waals surface area contributed by atoms with Gasteiger partial charge in [0.25, 0.3) is 0 Å². The monoisotopic (exact) mass is 108 g/mol. The molecule has 0 spiro atoms. The largest absolute Gasteiger partial charge is 0.120 e. The van der Waals surface area contributed by atoms with Gasteiger partial charge in [0.2, 0.25) is 0 Å². The van der Waals surface area contributed by atoms with Crippen LogP contribution >= 0.6 is 0 Å². The number of terminal acetylenes is 1. The van der Waals surface area contributed by atoms with Crippen molar-refractivity contribution in [1.29, 1.82) is 0 Å². The molecule has 0 saturated carbocycles. The van der Waals surface area contributed by atoms with Gasteiger partial charge in [0.15, 0.2) is 0 Å². The molecule has 0 heterocycles. The number of unbranched alkanes of at least 4 members (excludes halogenated alkanes) is 1. The van der Waals surface area contributed by atoms with E-state index >= 15 is 0 Å². The summed E-state index contributed by atoms with van der Waals surface area (Å²) in [6.45, 7) is 2.12. The first-order valence-corrected chi connectivity index (χ1v) is 3.00. The molecule has 0 fully saturated rings. The predicted molar refractivity (Wildman–Crippen MR) is 37.5 cm³/mol. The molecule has 0 radical (unpaired) electrons. The zero-order valence-electron chi connectivity index (χ0n) is 5.35. The van der Waals surface area contributed by atoms with Crippen molar-refractivity contribution in [2.45, 2.75) is 26.2 Å². The van der Waals surface area contributed by atoms with Crippen molar-refractivity contribution in [2.75, 3.05) is 0 Å². The van der Waals surface area contributed by atoms with Crippen LogP contribution in [0, 0.1) is 12.3 Å². The number of allylic oxidation sites excluding steroid dienone is 2. The molecule has 0 nitrogen and oxygen atoms in total. The second kappa shape index (κ2) is 6.30. The van der Waals surface area contributed by atoms with Gasteiger partial charge in [0, 0.05) is 6.42 Å². The molecule has 0 aromatic carbocycles. The summed E-state index contributed by atoms with van der Waals surface area (Å²) in [6, 6.07) is 0. The van der Waals surface area contributed by atoms with Crippen molar-refractivity contribution in [1.82, 2.24) is 0 Å². The summed E-state index contributed by atoms with van der Waals surface area (Å²) in [5.41, 5.74) is 0. The third-order valence-electron chi connectivity index (χ3n) is 0.858. The molecule has 0 bridgehead atoms. The Labute approximate surface area is 51.6 Å². The van der Waals surface area contributed by atoms with Crippen molar-refractivity contribution in [3.8, 4) is 12.3 Å². The predicted octanol–water partition coefficient (Wildman–Crippen LogP) is 2.37. The summed E-state index contributed by atoms with van der Waals surface area (Å²) in [7, 11) is 0. The maximum atomic E-state index is 5.03. The zero-order chi connectivity index (χ0) is 6.24. The first-order chi connectivity index (χ1) is 3.91. The Kier molecular flexibility index (Phi) is 5.75. The van der Waals surface area contributed by atoms with Crippen LogP contribution in [0.5, 0.6) is 0 Å². The van der Waals surface area contributed by atoms with E-state index in [0.29, 0.717) is 0 Å². The Hall–Kier alpha value is -0.700. The molecule has 0 aromatic rings. The van der Waals surface area contributed by atoms with Crippen LogP contribution < -0.4 is 0 Å². The van der Waals surface area contributed by atoms with Gasteiger partial charge in [-0.15, -0.1) is 12.3 Å². The minimum Gasteiger partial charge on any atom is -0.120 e. The van der Waals surface area contributed by atoms with E-state index in [1.807, 2.05) is 0 Å². The molecular formula is C8H12. The van der Waals surface area contributed by atoms with Crippen molar-refractivity contribution < 1.29 is 0 Å². The Morgan fingerprint density at radius 2 is 2.25 bits per heavy atom. The average Bonchev–Trinajstić information content (AvgIpc) is 1.81. The Morgan fingerprint density at radius 3 is 2.75 bits per heavy atom. The minimum atomic E-state index is 0.872. The maximum absolute atomic E-state index is 5.03. The maximum Gasteiger partial charge on any atom is 0.0121 e. The first-order valence-electron chi connectivity index (χ1n) is 3.00. The summed E-state index contributed by atoms with van der Waals surface area (Å²) in [5.74, 6) is 2.58. The molecule has 44 valence electrons. The fourth-order valence-electron chi connectivity index (χ4n) is 0.451. The van der Waals surface area contributed by atoms with Gasteiger partial charge in [-0.1, -0.05) is 19.1 Å². The highest BCUT2D eigenvalue weighted by Crippen LogP contribution is 1.89. The SMILES string of the molecule is C#CCC/C=C\CC. The Balaban J connectivity index is 2.94. The second-order valence-corrected chi connectivity index (χ2v) is 1.62. The van der Waals surface area contributed by atoms with Crippen LogP contribution in [-0.4, -0.2) is 0 Å². The number of hydrogen-bond acceptors (Lipinski definition) is 0. The van der Waals surface area contributed by atoms with Gasteiger partial charge in [0.05, 0.1) is 0 Å². The molecular weight excluding hydrogens is 96.1 g/mol. The van der Waals surface area contributed by atoms with E-state index < -0.39 is 0 Å². The van der Waals surface area contributed by atoms with E-state index in [0.717, 1.165) is 19.3 Å². The van der Waals surface area contributed by atoms with Gasteiger partial charge in [-0.3, -0.25) is 0 Å². The summed E-state index contributed by atoms with van der Waals surface area (Å²) in [5, 5.41) is 0. The average molecular weight is 108 g/mol. The fraction of sp³-hybridized carbons (Fsp3) is 0.500. The van der Waals surface area contributed by atoms with E-state index in [-0.39, 0.29) is 0 Å². The highest BCUT2D eigenvalue weighted by molar-refractivity contribution is 4.89. The zero-order valence-corrected chi connectivity index (χ0v) is 5.35. The van der Waals surface area contributed by atoms with Gasteiger partial charge >= 0.3 is 0 Å². The molecule has 8 heavy (non-hydrogen) atoms. The number of rotatable bonds is 3. The van der Waals surface area contributed by atoms with Crippen molar-refractivity contribution in [3.63, 3.8) is 0 Å². The standard InChI is InChI=1S/C8H12/c1-3-5-7-8-6-4-2/h1,6,8H,4-5,7H2,2H3/b8-6-. The topological polar surface area (TPSA) is 0 Å². The molecule has 0 heteroatoms. The molecule has 0 N–H and O–H groups in total. The highest BCUT2D eigenvalue weighted by Gasteiger charge is 1.71. The van der Waals surface area contributed by atoms with Crippen molar-refractivity contribution >= 4 is 0 Å². The Bertz CT molecular complexity index is 93.1. The van der Waals surface area contributed by atoms with Crippen LogP contribution in [0.3, 0.4) is 0 Å². The van der Waals surface area contributed by atoms with Gasteiger partial charge in [-0.05, 0) is 12.8 Å². The van der Waals surface area contributed by atoms with E-state index in [1.165, 1.54) is 0 Å². The van der Waals surface area contributed by atoms with E-state index in [9.17, 15) is 0 Å². The molecule has 0 aromatic heterocycles. The van der Waals surface area contributed by atoms with Crippen molar-refractivity contribution in [3.05, 3.63) is 12.2 Å². The summed E-state index contributed by atoms with van der Waals surface area (Å²) in [4.78, 5) is 0. The molecule has 0 unspecified atom stereocenters. The van der Waals surface area contributed by atoms with Gasteiger partial charge < -0.3 is 0 Å². The summed E-state index contributed by atoms with van der Waals surface area (Å²) < 4.78 is 0. The van der Waals surface area contributed by atoms with E-state index in [1.54, 1.807) is 0 Å². The lowest BCUT2D eigenvalue weighted by atomic mass is 10.3. The van der Waals surface area contributed by atoms with Crippen LogP contribution in [-0.2, 0) is 0 Å². The van der Waals surface area contributed by atoms with Gasteiger partial charge in [0.1, 0.15) is 0 Å². The van der Waals surface area contributed by atoms with Crippen LogP contribution in [0.1, 0.15) is 26.2 Å². The molecule has 0 amide bonds. The smallest absolute Gasteiger partial charge is 0.0121 e. The van der Waals surface area contributed by atoms with Gasteiger partial charge in [-0.25, -0.2) is 0 Å². The van der Waals surface area contributed by atoms with Crippen LogP contribution in [0.15, 0.2) is 12.2 Å². The molecule has 0 aliphatic carbocycles. The lowest BCUT2D eigenvalue weighted by Gasteiger charge is -1.79. The minimum absolute atomic E-state index is 0.872. The first kappa shape index (κ1) is 7.30. The molecule has 0 aliphatic heterocycles. The number of hydrogen-bond donors (Lipinski definition) is 0. The van der Waals surface area contributed by atoms with Crippen molar-refractivity contribution in [2.24, 2.45) is 0 Å². The quantitative estimate of drug-likeness (QED) is 0.296. The van der Waals surface area contributed by atoms with E-state index in [2.05, 4.69) is 25.0 Å². The summed E-state index contributed by atoms with van der Waals surface area (Å²) >= 11 is 0. The second-order valence-electron chi connectivity index (χ2n) is 1.62. The van der Waals surface area contributed by atoms with Gasteiger partial charge in [-0.2, -0.15) is 0 Å². The summed E-state index contributed by atoms with van der Waals surface area (Å²) in [6.07, 6.45) is 12.3. The lowest BCUT2D eigenvalue weighted by molar-refractivity contribution is 1.07. The Morgan fingerprint density at radius 1 is 1.50 bits per heavy atom. The highest BCUT2D eigenvalue weighted by atomic mass is 13.8. The van der Waals surface area contributed by atoms with Crippen LogP contribution in [0.2, 0.25) is 0 Å². The van der Waals surface area contributed by atoms with Crippen LogP contribution in [0.25, 0.3) is 0 Å². The third kappa shape index (κ3) is 5.30. The molecule has 0 atom stereocenters. The molecule has 0 rings (SSSR count). The normalized spacial score (nSPS) is 9.50. The molecule has 0 aliphatic rings. The van der Waals surface area contributed by atoms with Crippen LogP contribution in [0.4, 0.5) is 0 Å². The van der Waals surface area contributed by atoms with E-state index in [4.69, 9.17) is 6.42 Å². The third-order valence-corrected chi connectivity index (χ3v) is 0.858.